The fraction of sp³-hybridized carbons (Fsp3) is 0.667. The molecule has 1 aromatic carbocycles. The van der Waals surface area contributed by atoms with Crippen molar-refractivity contribution in [2.75, 3.05) is 13.2 Å². The summed E-state index contributed by atoms with van der Waals surface area (Å²) in [6, 6.07) is 9.47. The van der Waals surface area contributed by atoms with Crippen molar-refractivity contribution in [1.29, 1.82) is 0 Å². The Morgan fingerprint density at radius 2 is 1.90 bits per heavy atom. The second-order valence-electron chi connectivity index (χ2n) is 6.92. The molecule has 2 aliphatic carbocycles. The lowest BCUT2D eigenvalue weighted by Crippen LogP contribution is -2.27. The van der Waals surface area contributed by atoms with Crippen LogP contribution in [0.3, 0.4) is 0 Å². The van der Waals surface area contributed by atoms with Crippen molar-refractivity contribution in [3.63, 3.8) is 0 Å². The van der Waals surface area contributed by atoms with Gasteiger partial charge in [0.25, 0.3) is 0 Å². The van der Waals surface area contributed by atoms with Gasteiger partial charge in [-0.2, -0.15) is 0 Å². The van der Waals surface area contributed by atoms with Crippen LogP contribution in [0.2, 0.25) is 0 Å². The Hall–Kier alpha value is -1.02. The summed E-state index contributed by atoms with van der Waals surface area (Å²) in [5.74, 6) is 3.57. The van der Waals surface area contributed by atoms with E-state index in [4.69, 9.17) is 4.74 Å². The molecule has 3 atom stereocenters. The summed E-state index contributed by atoms with van der Waals surface area (Å²) >= 11 is 0. The summed E-state index contributed by atoms with van der Waals surface area (Å²) in [7, 11) is 0. The highest BCUT2D eigenvalue weighted by atomic mass is 16.5. The van der Waals surface area contributed by atoms with E-state index in [1.807, 2.05) is 0 Å². The molecule has 0 spiro atoms. The van der Waals surface area contributed by atoms with Gasteiger partial charge in [0.15, 0.2) is 0 Å². The van der Waals surface area contributed by atoms with Gasteiger partial charge in [0, 0.05) is 17.5 Å². The molecular formula is C18H25NO. The van der Waals surface area contributed by atoms with Gasteiger partial charge in [0.2, 0.25) is 0 Å². The molecule has 2 heteroatoms. The van der Waals surface area contributed by atoms with Crippen LogP contribution >= 0.6 is 0 Å². The van der Waals surface area contributed by atoms with Gasteiger partial charge in [-0.05, 0) is 50.1 Å². The summed E-state index contributed by atoms with van der Waals surface area (Å²) in [6.45, 7) is 2.16. The van der Waals surface area contributed by atoms with Crippen LogP contribution in [0, 0.1) is 11.8 Å². The quantitative estimate of drug-likeness (QED) is 0.881. The zero-order valence-corrected chi connectivity index (χ0v) is 12.2. The number of hydrogen-bond donors (Lipinski definition) is 1. The van der Waals surface area contributed by atoms with Crippen molar-refractivity contribution < 1.29 is 4.74 Å². The molecule has 2 fully saturated rings. The van der Waals surface area contributed by atoms with E-state index in [9.17, 15) is 0 Å². The fourth-order valence-electron chi connectivity index (χ4n) is 4.09. The van der Waals surface area contributed by atoms with E-state index in [0.29, 0.717) is 5.92 Å². The molecule has 1 aliphatic heterocycles. The van der Waals surface area contributed by atoms with Gasteiger partial charge in [-0.1, -0.05) is 31.0 Å². The minimum absolute atomic E-state index is 0.637. The van der Waals surface area contributed by atoms with Crippen molar-refractivity contribution in [2.24, 2.45) is 11.8 Å². The standard InChI is InChI=1S/C18H25NO/c1-2-7-18-17(6-1)15(12-20-18)10-13-4-3-5-14(13)11-19-16-8-9-16/h1-2,6-7,13-16,19H,3-5,8-12H2. The largest absolute Gasteiger partial charge is 0.493 e. The lowest BCUT2D eigenvalue weighted by Gasteiger charge is -2.22. The van der Waals surface area contributed by atoms with Crippen LogP contribution in [-0.4, -0.2) is 19.2 Å². The Kier molecular flexibility index (Phi) is 3.43. The molecule has 4 rings (SSSR count). The number of benzene rings is 1. The number of nitrogens with one attached hydrogen (secondary N) is 1. The Labute approximate surface area is 121 Å². The Bertz CT molecular complexity index is 468. The van der Waals surface area contributed by atoms with Gasteiger partial charge in [0.05, 0.1) is 6.61 Å². The number of ether oxygens (including phenoxy) is 1. The van der Waals surface area contributed by atoms with Crippen molar-refractivity contribution in [3.05, 3.63) is 29.8 Å². The maximum Gasteiger partial charge on any atom is 0.122 e. The predicted octanol–water partition coefficient (Wildman–Crippen LogP) is 3.72. The normalized spacial score (nSPS) is 32.1. The topological polar surface area (TPSA) is 21.3 Å². The molecule has 108 valence electrons. The maximum absolute atomic E-state index is 5.85. The van der Waals surface area contributed by atoms with E-state index >= 15 is 0 Å². The maximum atomic E-state index is 5.85. The van der Waals surface area contributed by atoms with Crippen LogP contribution in [0.25, 0.3) is 0 Å². The second-order valence-corrected chi connectivity index (χ2v) is 6.92. The third kappa shape index (κ3) is 2.58. The molecule has 0 radical (unpaired) electrons. The number of rotatable bonds is 5. The lowest BCUT2D eigenvalue weighted by atomic mass is 9.84. The van der Waals surface area contributed by atoms with E-state index in [1.54, 1.807) is 0 Å². The minimum atomic E-state index is 0.637. The Balaban J connectivity index is 1.38. The predicted molar refractivity (Wildman–Crippen MR) is 81.2 cm³/mol. The van der Waals surface area contributed by atoms with Crippen molar-refractivity contribution >= 4 is 0 Å². The number of hydrogen-bond acceptors (Lipinski definition) is 2. The summed E-state index contributed by atoms with van der Waals surface area (Å²) in [4.78, 5) is 0. The van der Waals surface area contributed by atoms with Crippen LogP contribution in [0.4, 0.5) is 0 Å². The van der Waals surface area contributed by atoms with E-state index in [-0.39, 0.29) is 0 Å². The van der Waals surface area contributed by atoms with Crippen LogP contribution in [0.1, 0.15) is 50.0 Å². The molecule has 3 unspecified atom stereocenters. The number of para-hydroxylation sites is 1. The first-order chi connectivity index (χ1) is 9.90. The molecule has 3 aliphatic rings. The smallest absolute Gasteiger partial charge is 0.122 e. The third-order valence-corrected chi connectivity index (χ3v) is 5.45. The second kappa shape index (κ2) is 5.40. The highest BCUT2D eigenvalue weighted by molar-refractivity contribution is 5.39. The first-order valence-electron chi connectivity index (χ1n) is 8.35. The van der Waals surface area contributed by atoms with Crippen molar-refractivity contribution in [1.82, 2.24) is 5.32 Å². The monoisotopic (exact) mass is 271 g/mol. The van der Waals surface area contributed by atoms with Crippen LogP contribution in [-0.2, 0) is 0 Å². The zero-order chi connectivity index (χ0) is 13.4. The molecule has 0 bridgehead atoms. The van der Waals surface area contributed by atoms with E-state index in [1.165, 1.54) is 50.6 Å². The van der Waals surface area contributed by atoms with Gasteiger partial charge < -0.3 is 10.1 Å². The first-order valence-corrected chi connectivity index (χ1v) is 8.35. The summed E-state index contributed by atoms with van der Waals surface area (Å²) in [5, 5.41) is 3.74. The van der Waals surface area contributed by atoms with Crippen LogP contribution in [0.5, 0.6) is 5.75 Å². The van der Waals surface area contributed by atoms with Gasteiger partial charge in [-0.15, -0.1) is 0 Å². The average Bonchev–Trinajstić information content (AvgIpc) is 3.07. The van der Waals surface area contributed by atoms with Gasteiger partial charge in [-0.3, -0.25) is 0 Å². The molecule has 2 nitrogen and oxygen atoms in total. The molecule has 1 N–H and O–H groups in total. The first kappa shape index (κ1) is 12.7. The van der Waals surface area contributed by atoms with Crippen molar-refractivity contribution in [3.8, 4) is 5.75 Å². The molecule has 1 aromatic rings. The highest BCUT2D eigenvalue weighted by Crippen LogP contribution is 2.43. The highest BCUT2D eigenvalue weighted by Gasteiger charge is 2.33. The molecule has 1 heterocycles. The Morgan fingerprint density at radius 1 is 1.05 bits per heavy atom. The molecule has 20 heavy (non-hydrogen) atoms. The summed E-state index contributed by atoms with van der Waals surface area (Å²) in [5.41, 5.74) is 1.45. The molecular weight excluding hydrogens is 246 g/mol. The van der Waals surface area contributed by atoms with Crippen LogP contribution < -0.4 is 10.1 Å². The third-order valence-electron chi connectivity index (χ3n) is 5.45. The SMILES string of the molecule is c1ccc2c(c1)OCC2CC1CCCC1CNC1CC1. The molecule has 2 saturated carbocycles. The van der Waals surface area contributed by atoms with E-state index in [2.05, 4.69) is 29.6 Å². The van der Waals surface area contributed by atoms with Crippen LogP contribution in [0.15, 0.2) is 24.3 Å². The fourth-order valence-corrected chi connectivity index (χ4v) is 4.09. The van der Waals surface area contributed by atoms with E-state index < -0.39 is 0 Å². The van der Waals surface area contributed by atoms with Gasteiger partial charge >= 0.3 is 0 Å². The van der Waals surface area contributed by atoms with Crippen molar-refractivity contribution in [2.45, 2.75) is 50.5 Å². The molecule has 0 amide bonds. The number of fused-ring (bicyclic) bond motifs is 1. The lowest BCUT2D eigenvalue weighted by molar-refractivity contribution is 0.278. The van der Waals surface area contributed by atoms with E-state index in [0.717, 1.165) is 30.2 Å². The Morgan fingerprint density at radius 3 is 2.80 bits per heavy atom. The molecule has 0 saturated heterocycles. The average molecular weight is 271 g/mol. The summed E-state index contributed by atoms with van der Waals surface area (Å²) in [6.07, 6.45) is 8.42. The van der Waals surface area contributed by atoms with Gasteiger partial charge in [-0.25, -0.2) is 0 Å². The van der Waals surface area contributed by atoms with Gasteiger partial charge in [0.1, 0.15) is 5.75 Å². The minimum Gasteiger partial charge on any atom is -0.493 e. The zero-order valence-electron chi connectivity index (χ0n) is 12.2. The molecule has 0 aromatic heterocycles. The summed E-state index contributed by atoms with van der Waals surface area (Å²) < 4.78 is 5.85.